The first-order chi connectivity index (χ1) is 9.33. The second kappa shape index (κ2) is 4.06. The lowest BCUT2D eigenvalue weighted by Crippen LogP contribution is -2.13. The van der Waals surface area contributed by atoms with E-state index in [1.807, 2.05) is 0 Å². The summed E-state index contributed by atoms with van der Waals surface area (Å²) in [4.78, 5) is 11.7. The first kappa shape index (κ1) is 11.0. The number of aryl methyl sites for hydroxylation is 2. The molecule has 0 saturated heterocycles. The van der Waals surface area contributed by atoms with Crippen molar-refractivity contribution in [3.63, 3.8) is 0 Å². The summed E-state index contributed by atoms with van der Waals surface area (Å²) in [5.41, 5.74) is 5.45. The van der Waals surface area contributed by atoms with E-state index in [9.17, 15) is 4.79 Å². The Morgan fingerprint density at radius 1 is 0.842 bits per heavy atom. The molecule has 0 bridgehead atoms. The summed E-state index contributed by atoms with van der Waals surface area (Å²) < 4.78 is 0. The van der Waals surface area contributed by atoms with Gasteiger partial charge in [-0.3, -0.25) is 4.79 Å². The molecule has 2 aromatic rings. The molecule has 2 aliphatic carbocycles. The standard InChI is InChI=1S/C18H16O/c19-14-8-5-13-7-9-16-15-4-2-1-3-12(15)6-10-17(16)18(13)11-14/h2,4,6-7,9-10H,1,3,5,8,11H2. The minimum absolute atomic E-state index is 0.383. The zero-order chi connectivity index (χ0) is 12.8. The van der Waals surface area contributed by atoms with Crippen molar-refractivity contribution < 1.29 is 4.79 Å². The van der Waals surface area contributed by atoms with Crippen LogP contribution in [-0.2, 0) is 24.1 Å². The van der Waals surface area contributed by atoms with Gasteiger partial charge in [-0.15, -0.1) is 0 Å². The number of hydrogen-bond acceptors (Lipinski definition) is 1. The highest BCUT2D eigenvalue weighted by atomic mass is 16.1. The van der Waals surface area contributed by atoms with Crippen molar-refractivity contribution in [1.82, 2.24) is 0 Å². The van der Waals surface area contributed by atoms with Crippen molar-refractivity contribution in [2.45, 2.75) is 32.1 Å². The van der Waals surface area contributed by atoms with Gasteiger partial charge in [-0.1, -0.05) is 36.4 Å². The second-order valence-corrected chi connectivity index (χ2v) is 5.59. The molecule has 0 fully saturated rings. The number of allylic oxidation sites excluding steroid dienone is 1. The molecule has 0 atom stereocenters. The molecule has 94 valence electrons. The highest BCUT2D eigenvalue weighted by Crippen LogP contribution is 2.33. The van der Waals surface area contributed by atoms with Crippen LogP contribution in [0.4, 0.5) is 0 Å². The third-order valence-electron chi connectivity index (χ3n) is 4.45. The summed E-state index contributed by atoms with van der Waals surface area (Å²) in [5.74, 6) is 0.383. The van der Waals surface area contributed by atoms with Gasteiger partial charge in [0.15, 0.2) is 0 Å². The number of benzene rings is 2. The Labute approximate surface area is 112 Å². The van der Waals surface area contributed by atoms with Gasteiger partial charge in [-0.25, -0.2) is 0 Å². The molecule has 0 aromatic heterocycles. The van der Waals surface area contributed by atoms with Gasteiger partial charge in [0.1, 0.15) is 5.78 Å². The first-order valence-corrected chi connectivity index (χ1v) is 7.07. The monoisotopic (exact) mass is 248 g/mol. The predicted molar refractivity (Wildman–Crippen MR) is 78.3 cm³/mol. The number of carbonyl (C=O) groups is 1. The molecule has 0 heterocycles. The number of carbonyl (C=O) groups excluding carboxylic acids is 1. The molecule has 0 N–H and O–H groups in total. The maximum absolute atomic E-state index is 11.7. The summed E-state index contributed by atoms with van der Waals surface area (Å²) in [6.45, 7) is 0. The minimum Gasteiger partial charge on any atom is -0.299 e. The quantitative estimate of drug-likeness (QED) is 0.692. The number of hydrogen-bond donors (Lipinski definition) is 0. The second-order valence-electron chi connectivity index (χ2n) is 5.59. The maximum Gasteiger partial charge on any atom is 0.137 e. The zero-order valence-corrected chi connectivity index (χ0v) is 10.9. The molecule has 1 heteroatoms. The fourth-order valence-corrected chi connectivity index (χ4v) is 3.44. The zero-order valence-electron chi connectivity index (χ0n) is 10.9. The van der Waals surface area contributed by atoms with Crippen LogP contribution in [0.3, 0.4) is 0 Å². The van der Waals surface area contributed by atoms with E-state index in [1.165, 1.54) is 33.0 Å². The van der Waals surface area contributed by atoms with Crippen molar-refractivity contribution >= 4 is 22.6 Å². The normalized spacial score (nSPS) is 17.4. The Kier molecular flexibility index (Phi) is 2.34. The summed E-state index contributed by atoms with van der Waals surface area (Å²) in [7, 11) is 0. The molecule has 0 unspecified atom stereocenters. The average molecular weight is 248 g/mol. The Bertz CT molecular complexity index is 722. The third-order valence-corrected chi connectivity index (χ3v) is 4.45. The van der Waals surface area contributed by atoms with Gasteiger partial charge in [0.05, 0.1) is 0 Å². The number of ketones is 1. The van der Waals surface area contributed by atoms with Gasteiger partial charge in [0, 0.05) is 12.8 Å². The van der Waals surface area contributed by atoms with Crippen molar-refractivity contribution in [3.8, 4) is 0 Å². The van der Waals surface area contributed by atoms with Gasteiger partial charge >= 0.3 is 0 Å². The number of Topliss-reactive ketones (excluding diaryl/α,β-unsaturated/α-hetero) is 1. The minimum atomic E-state index is 0.383. The fraction of sp³-hybridized carbons (Fsp3) is 0.278. The van der Waals surface area contributed by atoms with E-state index in [1.54, 1.807) is 0 Å². The highest BCUT2D eigenvalue weighted by molar-refractivity contribution is 5.98. The lowest BCUT2D eigenvalue weighted by molar-refractivity contribution is -0.118. The molecule has 2 aliphatic rings. The van der Waals surface area contributed by atoms with E-state index in [0.717, 1.165) is 19.3 Å². The number of rotatable bonds is 0. The lowest BCUT2D eigenvalue weighted by atomic mass is 9.84. The van der Waals surface area contributed by atoms with Gasteiger partial charge in [0.25, 0.3) is 0 Å². The van der Waals surface area contributed by atoms with E-state index >= 15 is 0 Å². The summed E-state index contributed by atoms with van der Waals surface area (Å²) in [6.07, 6.45) is 9.03. The largest absolute Gasteiger partial charge is 0.299 e. The van der Waals surface area contributed by atoms with Gasteiger partial charge in [0.2, 0.25) is 0 Å². The van der Waals surface area contributed by atoms with E-state index in [4.69, 9.17) is 0 Å². The first-order valence-electron chi connectivity index (χ1n) is 7.07. The average Bonchev–Trinajstić information content (AvgIpc) is 2.46. The number of fused-ring (bicyclic) bond motifs is 5. The Morgan fingerprint density at radius 2 is 1.68 bits per heavy atom. The van der Waals surface area contributed by atoms with Crippen LogP contribution in [0.5, 0.6) is 0 Å². The van der Waals surface area contributed by atoms with E-state index in [0.29, 0.717) is 18.6 Å². The molecule has 0 saturated carbocycles. The predicted octanol–water partition coefficient (Wildman–Crippen LogP) is 3.86. The molecule has 0 amide bonds. The van der Waals surface area contributed by atoms with E-state index in [-0.39, 0.29) is 0 Å². The van der Waals surface area contributed by atoms with E-state index < -0.39 is 0 Å². The van der Waals surface area contributed by atoms with Gasteiger partial charge in [-0.2, -0.15) is 0 Å². The molecule has 0 spiro atoms. The van der Waals surface area contributed by atoms with Crippen LogP contribution < -0.4 is 0 Å². The topological polar surface area (TPSA) is 17.1 Å². The third kappa shape index (κ3) is 1.65. The van der Waals surface area contributed by atoms with Crippen LogP contribution in [0, 0.1) is 0 Å². The van der Waals surface area contributed by atoms with Crippen molar-refractivity contribution in [2.75, 3.05) is 0 Å². The van der Waals surface area contributed by atoms with Crippen LogP contribution in [-0.4, -0.2) is 5.78 Å². The fourth-order valence-electron chi connectivity index (χ4n) is 3.44. The van der Waals surface area contributed by atoms with Gasteiger partial charge < -0.3 is 0 Å². The lowest BCUT2D eigenvalue weighted by Gasteiger charge is -2.20. The Morgan fingerprint density at radius 3 is 2.63 bits per heavy atom. The van der Waals surface area contributed by atoms with Crippen molar-refractivity contribution in [3.05, 3.63) is 52.6 Å². The molecular formula is C18H16O. The molecule has 0 aliphatic heterocycles. The maximum atomic E-state index is 11.7. The molecule has 2 aromatic carbocycles. The molecule has 4 rings (SSSR count). The Hall–Kier alpha value is -1.89. The van der Waals surface area contributed by atoms with Crippen molar-refractivity contribution in [1.29, 1.82) is 0 Å². The smallest absolute Gasteiger partial charge is 0.137 e. The SMILES string of the molecule is O=C1CCc2ccc3c4c(ccc3c2C1)CCC=C4. The Balaban J connectivity index is 2.04. The van der Waals surface area contributed by atoms with Crippen LogP contribution in [0.2, 0.25) is 0 Å². The van der Waals surface area contributed by atoms with Gasteiger partial charge in [-0.05, 0) is 52.3 Å². The van der Waals surface area contributed by atoms with Crippen LogP contribution in [0.1, 0.15) is 35.1 Å². The summed E-state index contributed by atoms with van der Waals surface area (Å²) >= 11 is 0. The van der Waals surface area contributed by atoms with Crippen LogP contribution in [0.25, 0.3) is 16.8 Å². The molecular weight excluding hydrogens is 232 g/mol. The van der Waals surface area contributed by atoms with Crippen LogP contribution in [0.15, 0.2) is 30.3 Å². The summed E-state index contributed by atoms with van der Waals surface area (Å²) in [5, 5.41) is 2.61. The summed E-state index contributed by atoms with van der Waals surface area (Å²) in [6, 6.07) is 8.95. The van der Waals surface area contributed by atoms with Crippen LogP contribution >= 0.6 is 0 Å². The molecule has 1 nitrogen and oxygen atoms in total. The molecule has 0 radical (unpaired) electrons. The highest BCUT2D eigenvalue weighted by Gasteiger charge is 2.19. The van der Waals surface area contributed by atoms with E-state index in [2.05, 4.69) is 36.4 Å². The van der Waals surface area contributed by atoms with Crippen molar-refractivity contribution in [2.24, 2.45) is 0 Å². The molecule has 19 heavy (non-hydrogen) atoms.